The molecule has 0 aromatic heterocycles. The van der Waals surface area contributed by atoms with Gasteiger partial charge < -0.3 is 15.8 Å². The molecule has 3 heteroatoms. The summed E-state index contributed by atoms with van der Waals surface area (Å²) in [5, 5.41) is 3.42. The molecule has 3 nitrogen and oxygen atoms in total. The number of hydrogen-bond donors (Lipinski definition) is 2. The third-order valence-electron chi connectivity index (χ3n) is 1.82. The molecule has 0 saturated carbocycles. The lowest BCUT2D eigenvalue weighted by molar-refractivity contribution is 0.162. The number of nitrogens with two attached hydrogens (primary N) is 1. The highest BCUT2D eigenvalue weighted by Gasteiger charge is 2.04. The van der Waals surface area contributed by atoms with Crippen molar-refractivity contribution < 1.29 is 4.74 Å². The Hall–Kier alpha value is -0.120. The number of hydrogen-bond acceptors (Lipinski definition) is 3. The topological polar surface area (TPSA) is 47.3 Å². The van der Waals surface area contributed by atoms with Gasteiger partial charge in [0.25, 0.3) is 0 Å². The van der Waals surface area contributed by atoms with Crippen molar-refractivity contribution in [2.45, 2.75) is 32.2 Å². The standard InChI is InChI=1S/C9H22N2O/c1-3-5-9(8-12-2)11-7-4-6-10/h9,11H,3-8,10H2,1-2H3. The van der Waals surface area contributed by atoms with Gasteiger partial charge in [0.2, 0.25) is 0 Å². The van der Waals surface area contributed by atoms with E-state index in [2.05, 4.69) is 12.2 Å². The van der Waals surface area contributed by atoms with Crippen LogP contribution in [0.1, 0.15) is 26.2 Å². The second kappa shape index (κ2) is 8.97. The van der Waals surface area contributed by atoms with Gasteiger partial charge in [0.1, 0.15) is 0 Å². The first-order chi connectivity index (χ1) is 5.85. The van der Waals surface area contributed by atoms with E-state index in [-0.39, 0.29) is 0 Å². The maximum absolute atomic E-state index is 5.39. The highest BCUT2D eigenvalue weighted by molar-refractivity contribution is 4.64. The molecule has 0 aromatic rings. The van der Waals surface area contributed by atoms with Crippen molar-refractivity contribution in [3.8, 4) is 0 Å². The van der Waals surface area contributed by atoms with Crippen LogP contribution in [0.25, 0.3) is 0 Å². The Bertz CT molecular complexity index is 82.6. The molecule has 74 valence electrons. The smallest absolute Gasteiger partial charge is 0.0615 e. The van der Waals surface area contributed by atoms with Gasteiger partial charge in [-0.25, -0.2) is 0 Å². The summed E-state index contributed by atoms with van der Waals surface area (Å²) in [6.07, 6.45) is 3.42. The Morgan fingerprint density at radius 3 is 2.75 bits per heavy atom. The zero-order valence-electron chi connectivity index (χ0n) is 8.31. The summed E-state index contributed by atoms with van der Waals surface area (Å²) in [4.78, 5) is 0. The van der Waals surface area contributed by atoms with Crippen LogP contribution in [0.3, 0.4) is 0 Å². The van der Waals surface area contributed by atoms with Crippen LogP contribution in [0.5, 0.6) is 0 Å². The molecule has 0 heterocycles. The normalized spacial score (nSPS) is 13.2. The summed E-state index contributed by atoms with van der Waals surface area (Å²) in [6.45, 7) is 4.76. The van der Waals surface area contributed by atoms with E-state index in [1.807, 2.05) is 0 Å². The molecule has 3 N–H and O–H groups in total. The highest BCUT2D eigenvalue weighted by Crippen LogP contribution is 1.96. The van der Waals surface area contributed by atoms with Crippen LogP contribution in [0.2, 0.25) is 0 Å². The summed E-state index contributed by atoms with van der Waals surface area (Å²) in [7, 11) is 1.74. The Morgan fingerprint density at radius 2 is 2.25 bits per heavy atom. The number of nitrogens with one attached hydrogen (secondary N) is 1. The molecule has 0 aliphatic rings. The first-order valence-corrected chi connectivity index (χ1v) is 4.77. The fourth-order valence-electron chi connectivity index (χ4n) is 1.20. The molecule has 0 aliphatic carbocycles. The minimum atomic E-state index is 0.506. The zero-order valence-corrected chi connectivity index (χ0v) is 8.31. The largest absolute Gasteiger partial charge is 0.383 e. The predicted molar refractivity (Wildman–Crippen MR) is 52.2 cm³/mol. The average Bonchev–Trinajstić information content (AvgIpc) is 2.06. The Balaban J connectivity index is 3.34. The molecule has 1 unspecified atom stereocenters. The van der Waals surface area contributed by atoms with Crippen LogP contribution >= 0.6 is 0 Å². The van der Waals surface area contributed by atoms with E-state index in [4.69, 9.17) is 10.5 Å². The van der Waals surface area contributed by atoms with Gasteiger partial charge in [-0.2, -0.15) is 0 Å². The fourth-order valence-corrected chi connectivity index (χ4v) is 1.20. The first kappa shape index (κ1) is 11.9. The van der Waals surface area contributed by atoms with Crippen LogP contribution in [-0.2, 0) is 4.74 Å². The number of methoxy groups -OCH3 is 1. The molecule has 0 aromatic carbocycles. The second-order valence-electron chi connectivity index (χ2n) is 3.04. The minimum absolute atomic E-state index is 0.506. The fraction of sp³-hybridized carbons (Fsp3) is 1.00. The van der Waals surface area contributed by atoms with Crippen molar-refractivity contribution in [2.75, 3.05) is 26.8 Å². The van der Waals surface area contributed by atoms with Gasteiger partial charge in [0, 0.05) is 13.2 Å². The maximum atomic E-state index is 5.39. The van der Waals surface area contributed by atoms with Crippen molar-refractivity contribution in [1.29, 1.82) is 0 Å². The van der Waals surface area contributed by atoms with Crippen molar-refractivity contribution in [3.63, 3.8) is 0 Å². The average molecular weight is 174 g/mol. The summed E-state index contributed by atoms with van der Waals surface area (Å²) >= 11 is 0. The van der Waals surface area contributed by atoms with Crippen LogP contribution in [-0.4, -0.2) is 32.8 Å². The van der Waals surface area contributed by atoms with Crippen molar-refractivity contribution >= 4 is 0 Å². The summed E-state index contributed by atoms with van der Waals surface area (Å²) in [5.74, 6) is 0. The molecular formula is C9H22N2O. The van der Waals surface area contributed by atoms with E-state index >= 15 is 0 Å². The first-order valence-electron chi connectivity index (χ1n) is 4.77. The van der Waals surface area contributed by atoms with Gasteiger partial charge >= 0.3 is 0 Å². The van der Waals surface area contributed by atoms with Crippen molar-refractivity contribution in [2.24, 2.45) is 5.73 Å². The van der Waals surface area contributed by atoms with Gasteiger partial charge in [0.05, 0.1) is 6.61 Å². The molecule has 0 amide bonds. The summed E-state index contributed by atoms with van der Waals surface area (Å²) < 4.78 is 5.09. The predicted octanol–water partition coefficient (Wildman–Crippen LogP) is 0.740. The highest BCUT2D eigenvalue weighted by atomic mass is 16.5. The second-order valence-corrected chi connectivity index (χ2v) is 3.04. The van der Waals surface area contributed by atoms with E-state index in [0.717, 1.165) is 26.1 Å². The van der Waals surface area contributed by atoms with Crippen molar-refractivity contribution in [3.05, 3.63) is 0 Å². The van der Waals surface area contributed by atoms with Crippen LogP contribution in [0, 0.1) is 0 Å². The summed E-state index contributed by atoms with van der Waals surface area (Å²) in [5.41, 5.74) is 5.39. The molecule has 1 atom stereocenters. The molecule has 0 aliphatic heterocycles. The van der Waals surface area contributed by atoms with Gasteiger partial charge in [-0.1, -0.05) is 13.3 Å². The minimum Gasteiger partial charge on any atom is -0.383 e. The quantitative estimate of drug-likeness (QED) is 0.534. The lowest BCUT2D eigenvalue weighted by atomic mass is 10.2. The lowest BCUT2D eigenvalue weighted by Crippen LogP contribution is -2.34. The van der Waals surface area contributed by atoms with Gasteiger partial charge in [0.15, 0.2) is 0 Å². The van der Waals surface area contributed by atoms with E-state index in [0.29, 0.717) is 6.04 Å². The third kappa shape index (κ3) is 6.58. The molecule has 0 rings (SSSR count). The van der Waals surface area contributed by atoms with Crippen LogP contribution in [0.15, 0.2) is 0 Å². The van der Waals surface area contributed by atoms with Crippen LogP contribution < -0.4 is 11.1 Å². The van der Waals surface area contributed by atoms with Gasteiger partial charge in [-0.05, 0) is 25.9 Å². The molecule has 0 bridgehead atoms. The van der Waals surface area contributed by atoms with Crippen molar-refractivity contribution in [1.82, 2.24) is 5.32 Å². The van der Waals surface area contributed by atoms with Gasteiger partial charge in [-0.3, -0.25) is 0 Å². The molecule has 0 radical (unpaired) electrons. The summed E-state index contributed by atoms with van der Waals surface area (Å²) in [6, 6.07) is 0.506. The lowest BCUT2D eigenvalue weighted by Gasteiger charge is -2.16. The molecule has 0 saturated heterocycles. The monoisotopic (exact) mass is 174 g/mol. The number of ether oxygens (including phenoxy) is 1. The molecule has 0 spiro atoms. The van der Waals surface area contributed by atoms with E-state index in [1.54, 1.807) is 7.11 Å². The Labute approximate surface area is 75.7 Å². The third-order valence-corrected chi connectivity index (χ3v) is 1.82. The SMILES string of the molecule is CCCC(COC)NCCCN. The van der Waals surface area contributed by atoms with Crippen LogP contribution in [0.4, 0.5) is 0 Å². The Kier molecular flexibility index (Phi) is 8.88. The molecule has 12 heavy (non-hydrogen) atoms. The van der Waals surface area contributed by atoms with E-state index < -0.39 is 0 Å². The molecular weight excluding hydrogens is 152 g/mol. The van der Waals surface area contributed by atoms with Gasteiger partial charge in [-0.15, -0.1) is 0 Å². The number of rotatable bonds is 8. The molecule has 0 fully saturated rings. The van der Waals surface area contributed by atoms with E-state index in [1.165, 1.54) is 12.8 Å². The Morgan fingerprint density at radius 1 is 1.50 bits per heavy atom. The zero-order chi connectivity index (χ0) is 9.23. The van der Waals surface area contributed by atoms with E-state index in [9.17, 15) is 0 Å². The maximum Gasteiger partial charge on any atom is 0.0615 e.